The maximum Gasteiger partial charge on any atom is 0.355 e. The van der Waals surface area contributed by atoms with E-state index in [2.05, 4.69) is 31.1 Å². The van der Waals surface area contributed by atoms with Crippen LogP contribution in [0.1, 0.15) is 5.56 Å². The largest absolute Gasteiger partial charge is 0.355 e. The van der Waals surface area contributed by atoms with E-state index >= 15 is 0 Å². The third kappa shape index (κ3) is 3.78. The molecular formula is C16H15N7O2. The molecule has 0 radical (unpaired) electrons. The predicted octanol–water partition coefficient (Wildman–Crippen LogP) is 3.27. The van der Waals surface area contributed by atoms with E-state index in [-0.39, 0.29) is 17.3 Å². The highest BCUT2D eigenvalue weighted by molar-refractivity contribution is 5.74. The van der Waals surface area contributed by atoms with Crippen molar-refractivity contribution < 1.29 is 4.92 Å². The number of anilines is 4. The fraction of sp³-hybridized carbons (Fsp3) is 0.0625. The number of aromatic nitrogens is 3. The van der Waals surface area contributed by atoms with E-state index in [0.29, 0.717) is 5.82 Å². The lowest BCUT2D eigenvalue weighted by Crippen LogP contribution is -2.13. The molecule has 0 unspecified atom stereocenters. The maximum atomic E-state index is 11.5. The zero-order valence-corrected chi connectivity index (χ0v) is 13.3. The molecule has 25 heavy (non-hydrogen) atoms. The Morgan fingerprint density at radius 2 is 1.68 bits per heavy atom. The van der Waals surface area contributed by atoms with Crippen LogP contribution in [-0.2, 0) is 0 Å². The first-order valence-electron chi connectivity index (χ1n) is 7.40. The summed E-state index contributed by atoms with van der Waals surface area (Å²) < 4.78 is 0. The van der Waals surface area contributed by atoms with Crippen LogP contribution in [-0.4, -0.2) is 19.9 Å². The summed E-state index contributed by atoms with van der Waals surface area (Å²) in [4.78, 5) is 23.1. The average molecular weight is 337 g/mol. The normalized spacial score (nSPS) is 10.1. The third-order valence-electron chi connectivity index (χ3n) is 3.35. The fourth-order valence-corrected chi connectivity index (χ4v) is 2.12. The molecule has 0 saturated heterocycles. The zero-order valence-electron chi connectivity index (χ0n) is 13.3. The van der Waals surface area contributed by atoms with Crippen molar-refractivity contribution in [1.29, 1.82) is 0 Å². The monoisotopic (exact) mass is 337 g/mol. The third-order valence-corrected chi connectivity index (χ3v) is 3.35. The quantitative estimate of drug-likeness (QED) is 0.463. The molecule has 0 saturated carbocycles. The molecule has 0 atom stereocenters. The van der Waals surface area contributed by atoms with Crippen molar-refractivity contribution >= 4 is 28.8 Å². The minimum absolute atomic E-state index is 0.0416. The highest BCUT2D eigenvalue weighted by atomic mass is 16.6. The lowest BCUT2D eigenvalue weighted by Gasteiger charge is -2.12. The van der Waals surface area contributed by atoms with Crippen LogP contribution < -0.4 is 16.2 Å². The van der Waals surface area contributed by atoms with Gasteiger partial charge in [0.25, 0.3) is 0 Å². The van der Waals surface area contributed by atoms with Crippen molar-refractivity contribution in [2.45, 2.75) is 6.92 Å². The summed E-state index contributed by atoms with van der Waals surface area (Å²) in [7, 11) is 0. The summed E-state index contributed by atoms with van der Waals surface area (Å²) in [5, 5.41) is 14.4. The van der Waals surface area contributed by atoms with Gasteiger partial charge in [0.1, 0.15) is 12.1 Å². The molecule has 2 heterocycles. The smallest absolute Gasteiger partial charge is 0.319 e. The lowest BCUT2D eigenvalue weighted by atomic mass is 10.3. The number of rotatable bonds is 6. The highest BCUT2D eigenvalue weighted by Crippen LogP contribution is 2.31. The van der Waals surface area contributed by atoms with Crippen LogP contribution in [0.3, 0.4) is 0 Å². The Morgan fingerprint density at radius 1 is 0.920 bits per heavy atom. The molecule has 0 aliphatic carbocycles. The van der Waals surface area contributed by atoms with Gasteiger partial charge in [0, 0.05) is 6.20 Å². The topological polar surface area (TPSA) is 118 Å². The van der Waals surface area contributed by atoms with Gasteiger partial charge in [-0.05, 0) is 30.7 Å². The Bertz CT molecular complexity index is 887. The van der Waals surface area contributed by atoms with E-state index < -0.39 is 4.92 Å². The first-order chi connectivity index (χ1) is 12.1. The molecule has 9 nitrogen and oxygen atoms in total. The summed E-state index contributed by atoms with van der Waals surface area (Å²) in [6.07, 6.45) is 2.83. The molecule has 3 N–H and O–H groups in total. The number of nitro groups is 1. The Labute approximate surface area is 143 Å². The van der Waals surface area contributed by atoms with Crippen LogP contribution in [0.4, 0.5) is 28.8 Å². The molecule has 0 spiro atoms. The molecule has 9 heteroatoms. The van der Waals surface area contributed by atoms with E-state index in [0.717, 1.165) is 11.3 Å². The summed E-state index contributed by atoms with van der Waals surface area (Å²) in [5.74, 6) is 0.588. The highest BCUT2D eigenvalue weighted by Gasteiger charge is 2.23. The number of nitrogens with zero attached hydrogens (tertiary/aromatic N) is 4. The summed E-state index contributed by atoms with van der Waals surface area (Å²) in [6, 6.07) is 12.8. The van der Waals surface area contributed by atoms with Gasteiger partial charge in [-0.2, -0.15) is 0 Å². The molecule has 0 bridgehead atoms. The number of benzene rings is 1. The number of aryl methyl sites for hydroxylation is 1. The molecule has 0 amide bonds. The average Bonchev–Trinajstić information content (AvgIpc) is 2.62. The molecular weight excluding hydrogens is 322 g/mol. The van der Waals surface area contributed by atoms with E-state index in [1.165, 1.54) is 6.33 Å². The van der Waals surface area contributed by atoms with Crippen molar-refractivity contribution in [2.24, 2.45) is 0 Å². The van der Waals surface area contributed by atoms with Gasteiger partial charge in [-0.15, -0.1) is 0 Å². The summed E-state index contributed by atoms with van der Waals surface area (Å²) in [6.45, 7) is 1.85. The van der Waals surface area contributed by atoms with Gasteiger partial charge < -0.3 is 5.32 Å². The SMILES string of the molecule is Cc1cccnc1Nc1ncnc(NNc2ccccc2)c1[N+](=O)[O-]. The Balaban J connectivity index is 1.89. The van der Waals surface area contributed by atoms with Gasteiger partial charge in [-0.25, -0.2) is 15.0 Å². The minimum Gasteiger partial charge on any atom is -0.319 e. The molecule has 126 valence electrons. The van der Waals surface area contributed by atoms with Crippen molar-refractivity contribution in [3.63, 3.8) is 0 Å². The molecule has 3 aromatic rings. The number of pyridine rings is 1. The number of hydrazine groups is 1. The van der Waals surface area contributed by atoms with E-state index in [9.17, 15) is 10.1 Å². The van der Waals surface area contributed by atoms with Crippen molar-refractivity contribution in [3.05, 3.63) is 70.7 Å². The van der Waals surface area contributed by atoms with E-state index in [4.69, 9.17) is 0 Å². The van der Waals surface area contributed by atoms with Crippen molar-refractivity contribution in [3.8, 4) is 0 Å². The summed E-state index contributed by atoms with van der Waals surface area (Å²) >= 11 is 0. The predicted molar refractivity (Wildman–Crippen MR) is 94.6 cm³/mol. The van der Waals surface area contributed by atoms with Crippen LogP contribution in [0.25, 0.3) is 0 Å². The van der Waals surface area contributed by atoms with Gasteiger partial charge in [0.15, 0.2) is 0 Å². The van der Waals surface area contributed by atoms with Crippen LogP contribution in [0.5, 0.6) is 0 Å². The lowest BCUT2D eigenvalue weighted by molar-refractivity contribution is -0.383. The second-order valence-electron chi connectivity index (χ2n) is 5.09. The van der Waals surface area contributed by atoms with E-state index in [1.54, 1.807) is 12.3 Å². The standard InChI is InChI=1S/C16H15N7O2/c1-11-6-5-9-17-14(11)20-15-13(23(24)25)16(19-10-18-15)22-21-12-7-3-2-4-8-12/h2-10,21H,1H3,(H2,17,18,19,20,22). The fourth-order valence-electron chi connectivity index (χ4n) is 2.12. The Hall–Kier alpha value is -3.75. The van der Waals surface area contributed by atoms with Crippen molar-refractivity contribution in [1.82, 2.24) is 15.0 Å². The molecule has 0 aliphatic heterocycles. The molecule has 0 fully saturated rings. The van der Waals surface area contributed by atoms with Gasteiger partial charge in [-0.1, -0.05) is 24.3 Å². The Kier molecular flexibility index (Phi) is 4.65. The number of hydrogen-bond donors (Lipinski definition) is 3. The second-order valence-corrected chi connectivity index (χ2v) is 5.09. The van der Waals surface area contributed by atoms with Crippen LogP contribution in [0.2, 0.25) is 0 Å². The van der Waals surface area contributed by atoms with Gasteiger partial charge in [0.2, 0.25) is 11.6 Å². The van der Waals surface area contributed by atoms with Gasteiger partial charge in [-0.3, -0.25) is 21.0 Å². The molecule has 0 aliphatic rings. The minimum atomic E-state index is -0.546. The van der Waals surface area contributed by atoms with Crippen LogP contribution in [0, 0.1) is 17.0 Å². The van der Waals surface area contributed by atoms with Crippen molar-refractivity contribution in [2.75, 3.05) is 16.2 Å². The molecule has 2 aromatic heterocycles. The first kappa shape index (κ1) is 16.1. The number of nitrogens with one attached hydrogen (secondary N) is 3. The molecule has 1 aromatic carbocycles. The molecule has 3 rings (SSSR count). The maximum absolute atomic E-state index is 11.5. The Morgan fingerprint density at radius 3 is 2.40 bits per heavy atom. The van der Waals surface area contributed by atoms with Gasteiger partial charge >= 0.3 is 5.69 Å². The second kappa shape index (κ2) is 7.21. The number of hydrogen-bond acceptors (Lipinski definition) is 8. The number of para-hydroxylation sites is 1. The van der Waals surface area contributed by atoms with E-state index in [1.807, 2.05) is 43.3 Å². The van der Waals surface area contributed by atoms with Crippen LogP contribution >= 0.6 is 0 Å². The summed E-state index contributed by atoms with van der Waals surface area (Å²) in [5.41, 5.74) is 6.92. The first-order valence-corrected chi connectivity index (χ1v) is 7.40. The van der Waals surface area contributed by atoms with Gasteiger partial charge in [0.05, 0.1) is 10.6 Å². The van der Waals surface area contributed by atoms with Crippen LogP contribution in [0.15, 0.2) is 55.0 Å². The zero-order chi connectivity index (χ0) is 17.6.